The molecule has 0 bridgehead atoms. The Kier molecular flexibility index (Phi) is 6.09. The van der Waals surface area contributed by atoms with Crippen molar-refractivity contribution in [3.05, 3.63) is 82.2 Å². The van der Waals surface area contributed by atoms with Crippen LogP contribution >= 0.6 is 11.6 Å². The van der Waals surface area contributed by atoms with Crippen LogP contribution in [0.4, 0.5) is 0 Å². The lowest BCUT2D eigenvalue weighted by molar-refractivity contribution is 0.114. The summed E-state index contributed by atoms with van der Waals surface area (Å²) < 4.78 is 27.5. The number of imidazole rings is 1. The van der Waals surface area contributed by atoms with Gasteiger partial charge in [-0.2, -0.15) is 4.31 Å². The zero-order valence-corrected chi connectivity index (χ0v) is 21.5. The molecule has 5 rings (SSSR count). The molecule has 184 valence electrons. The molecule has 0 saturated carbocycles. The molecule has 3 heterocycles. The standard InChI is InChI=1S/C25H28ClN5O3S/c1-25(32,22-15-27-16-29(22)2)21-13-17-5-4-8-28-23(17)24(19-7-6-18(26)14-20(19)21)30-9-11-31(12-10-30)35(3,33)34/h4-8,13-16,24,32H,9-12H2,1-3H3/t24-,25-/m0/s1. The molecule has 35 heavy (non-hydrogen) atoms. The Morgan fingerprint density at radius 2 is 1.91 bits per heavy atom. The highest BCUT2D eigenvalue weighted by atomic mass is 35.5. The number of piperazine rings is 1. The third kappa shape index (κ3) is 4.32. The second-order valence-electron chi connectivity index (χ2n) is 9.33. The Balaban J connectivity index is 1.68. The maximum atomic E-state index is 12.1. The Labute approximate surface area is 210 Å². The van der Waals surface area contributed by atoms with Crippen LogP contribution in [0.1, 0.15) is 41.0 Å². The molecule has 0 amide bonds. The maximum Gasteiger partial charge on any atom is 0.211 e. The summed E-state index contributed by atoms with van der Waals surface area (Å²) >= 11 is 6.49. The second kappa shape index (κ2) is 8.83. The quantitative estimate of drug-likeness (QED) is 0.577. The van der Waals surface area contributed by atoms with Gasteiger partial charge >= 0.3 is 0 Å². The summed E-state index contributed by atoms with van der Waals surface area (Å²) in [7, 11) is -1.40. The number of aromatic nitrogens is 3. The lowest BCUT2D eigenvalue weighted by atomic mass is 9.84. The van der Waals surface area contributed by atoms with Gasteiger partial charge in [-0.15, -0.1) is 0 Å². The first-order valence-corrected chi connectivity index (χ1v) is 13.7. The highest BCUT2D eigenvalue weighted by Gasteiger charge is 2.39. The van der Waals surface area contributed by atoms with Crippen LogP contribution in [0.2, 0.25) is 5.02 Å². The maximum absolute atomic E-state index is 12.1. The fraction of sp³-hybridized carbons (Fsp3) is 0.360. The Morgan fingerprint density at radius 1 is 1.17 bits per heavy atom. The topological polar surface area (TPSA) is 91.6 Å². The zero-order chi connectivity index (χ0) is 25.0. The molecule has 2 aliphatic rings. The number of rotatable bonds is 4. The van der Waals surface area contributed by atoms with E-state index in [1.54, 1.807) is 25.6 Å². The molecule has 2 aromatic heterocycles. The first-order valence-electron chi connectivity index (χ1n) is 11.4. The van der Waals surface area contributed by atoms with Crippen LogP contribution in [-0.2, 0) is 22.7 Å². The fourth-order valence-electron chi connectivity index (χ4n) is 5.19. The molecule has 1 aliphatic carbocycles. The van der Waals surface area contributed by atoms with E-state index in [1.165, 1.54) is 10.6 Å². The first kappa shape index (κ1) is 24.1. The molecule has 2 atom stereocenters. The molecule has 8 nitrogen and oxygen atoms in total. The first-order chi connectivity index (χ1) is 16.6. The Bertz CT molecular complexity index is 1410. The van der Waals surface area contributed by atoms with Crippen LogP contribution in [0.5, 0.6) is 0 Å². The minimum absolute atomic E-state index is 0.226. The summed E-state index contributed by atoms with van der Waals surface area (Å²) in [6.45, 7) is 3.70. The lowest BCUT2D eigenvalue weighted by Gasteiger charge is -2.39. The third-order valence-corrected chi connectivity index (χ3v) is 8.52. The van der Waals surface area contributed by atoms with Gasteiger partial charge in [0, 0.05) is 44.4 Å². The van der Waals surface area contributed by atoms with E-state index in [-0.39, 0.29) is 6.04 Å². The van der Waals surface area contributed by atoms with E-state index in [2.05, 4.69) is 9.88 Å². The number of hydrogen-bond donors (Lipinski definition) is 1. The summed E-state index contributed by atoms with van der Waals surface area (Å²) in [5, 5.41) is 12.5. The van der Waals surface area contributed by atoms with Crippen molar-refractivity contribution in [1.29, 1.82) is 0 Å². The van der Waals surface area contributed by atoms with Gasteiger partial charge in [-0.25, -0.2) is 13.4 Å². The van der Waals surface area contributed by atoms with E-state index in [4.69, 9.17) is 16.6 Å². The highest BCUT2D eigenvalue weighted by Crippen LogP contribution is 2.46. The van der Waals surface area contributed by atoms with Crippen molar-refractivity contribution >= 4 is 33.3 Å². The SMILES string of the molecule is Cn1cncc1[C@@](C)(O)C1=Cc2cccnc2[C@@H](N2CCN(S(C)(=O)=O)CC2)c2ccc(Cl)cc21. The minimum Gasteiger partial charge on any atom is -0.379 e. The van der Waals surface area contributed by atoms with Crippen LogP contribution in [-0.4, -0.2) is 69.7 Å². The van der Waals surface area contributed by atoms with E-state index in [0.717, 1.165) is 22.4 Å². The van der Waals surface area contributed by atoms with Gasteiger partial charge < -0.3 is 9.67 Å². The summed E-state index contributed by atoms with van der Waals surface area (Å²) in [6, 6.07) is 9.38. The Hall–Kier alpha value is -2.56. The van der Waals surface area contributed by atoms with Crippen molar-refractivity contribution in [2.45, 2.75) is 18.6 Å². The number of halogens is 1. The van der Waals surface area contributed by atoms with Crippen molar-refractivity contribution in [3.8, 4) is 0 Å². The summed E-state index contributed by atoms with van der Waals surface area (Å²) in [6.07, 6.45) is 8.34. The van der Waals surface area contributed by atoms with Gasteiger partial charge in [-0.05, 0) is 53.5 Å². The smallest absolute Gasteiger partial charge is 0.211 e. The second-order valence-corrected chi connectivity index (χ2v) is 11.7. The molecule has 1 fully saturated rings. The zero-order valence-electron chi connectivity index (χ0n) is 19.9. The molecule has 10 heteroatoms. The molecule has 1 N–H and O–H groups in total. The molecule has 0 radical (unpaired) electrons. The van der Waals surface area contributed by atoms with Crippen molar-refractivity contribution in [2.75, 3.05) is 32.4 Å². The molecule has 1 aromatic carbocycles. The number of aliphatic hydroxyl groups is 1. The number of sulfonamides is 1. The molecule has 1 saturated heterocycles. The number of aryl methyl sites for hydroxylation is 1. The summed E-state index contributed by atoms with van der Waals surface area (Å²) in [5.41, 5.74) is 3.55. The van der Waals surface area contributed by atoms with Gasteiger partial charge in [-0.3, -0.25) is 9.88 Å². The molecular weight excluding hydrogens is 486 g/mol. The van der Waals surface area contributed by atoms with E-state index < -0.39 is 15.6 Å². The van der Waals surface area contributed by atoms with E-state index in [9.17, 15) is 13.5 Å². The lowest BCUT2D eigenvalue weighted by Crippen LogP contribution is -2.49. The van der Waals surface area contributed by atoms with Crippen LogP contribution in [0, 0.1) is 0 Å². The van der Waals surface area contributed by atoms with Crippen molar-refractivity contribution in [3.63, 3.8) is 0 Å². The molecular formula is C25H28ClN5O3S. The van der Waals surface area contributed by atoms with Crippen LogP contribution in [0.3, 0.4) is 0 Å². The average Bonchev–Trinajstić information content (AvgIpc) is 3.19. The van der Waals surface area contributed by atoms with Gasteiger partial charge in [0.25, 0.3) is 0 Å². The highest BCUT2D eigenvalue weighted by molar-refractivity contribution is 7.88. The summed E-state index contributed by atoms with van der Waals surface area (Å²) in [4.78, 5) is 11.2. The van der Waals surface area contributed by atoms with Crippen molar-refractivity contribution < 1.29 is 13.5 Å². The van der Waals surface area contributed by atoms with Crippen molar-refractivity contribution in [1.82, 2.24) is 23.7 Å². The van der Waals surface area contributed by atoms with Gasteiger partial charge in [-0.1, -0.05) is 23.7 Å². The number of pyridine rings is 1. The summed E-state index contributed by atoms with van der Waals surface area (Å²) in [5.74, 6) is 0. The molecule has 0 unspecified atom stereocenters. The number of fused-ring (bicyclic) bond motifs is 2. The number of nitrogens with zero attached hydrogens (tertiary/aromatic N) is 5. The number of benzene rings is 1. The van der Waals surface area contributed by atoms with Crippen LogP contribution in [0.25, 0.3) is 11.6 Å². The Morgan fingerprint density at radius 3 is 2.57 bits per heavy atom. The monoisotopic (exact) mass is 513 g/mol. The minimum atomic E-state index is -3.25. The average molecular weight is 514 g/mol. The van der Waals surface area contributed by atoms with E-state index in [0.29, 0.717) is 42.5 Å². The fourth-order valence-corrected chi connectivity index (χ4v) is 6.19. The van der Waals surface area contributed by atoms with Crippen LogP contribution in [0.15, 0.2) is 49.1 Å². The van der Waals surface area contributed by atoms with Crippen molar-refractivity contribution in [2.24, 2.45) is 7.05 Å². The molecule has 3 aromatic rings. The van der Waals surface area contributed by atoms with E-state index >= 15 is 0 Å². The van der Waals surface area contributed by atoms with Gasteiger partial charge in [0.1, 0.15) is 5.60 Å². The molecule has 0 spiro atoms. The van der Waals surface area contributed by atoms with Gasteiger partial charge in [0.2, 0.25) is 10.0 Å². The van der Waals surface area contributed by atoms with E-state index in [1.807, 2.05) is 48.0 Å². The largest absolute Gasteiger partial charge is 0.379 e. The third-order valence-electron chi connectivity index (χ3n) is 6.98. The predicted molar refractivity (Wildman–Crippen MR) is 136 cm³/mol. The predicted octanol–water partition coefficient (Wildman–Crippen LogP) is 2.90. The normalized spacial score (nSPS) is 20.9. The van der Waals surface area contributed by atoms with Gasteiger partial charge in [0.15, 0.2) is 0 Å². The molecule has 1 aliphatic heterocycles. The number of hydrogen-bond acceptors (Lipinski definition) is 6. The van der Waals surface area contributed by atoms with Crippen LogP contribution < -0.4 is 0 Å². The van der Waals surface area contributed by atoms with Gasteiger partial charge in [0.05, 0.1) is 36.2 Å².